The SMILES string of the molecule is CCCCCCCNC(=O)C(c1ccccc1)c1ccccc1. The van der Waals surface area contributed by atoms with Crippen LogP contribution >= 0.6 is 0 Å². The van der Waals surface area contributed by atoms with E-state index >= 15 is 0 Å². The molecule has 0 unspecified atom stereocenters. The van der Waals surface area contributed by atoms with Gasteiger partial charge in [-0.25, -0.2) is 0 Å². The second-order valence-corrected chi connectivity index (χ2v) is 5.96. The molecule has 0 spiro atoms. The van der Waals surface area contributed by atoms with E-state index < -0.39 is 0 Å². The highest BCUT2D eigenvalue weighted by molar-refractivity contribution is 5.87. The van der Waals surface area contributed by atoms with Crippen LogP contribution in [0.4, 0.5) is 0 Å². The lowest BCUT2D eigenvalue weighted by molar-refractivity contribution is -0.121. The molecule has 0 saturated heterocycles. The Kier molecular flexibility index (Phi) is 7.38. The lowest BCUT2D eigenvalue weighted by Crippen LogP contribution is -2.30. The first-order valence-corrected chi connectivity index (χ1v) is 8.70. The number of carbonyl (C=O) groups is 1. The summed E-state index contributed by atoms with van der Waals surface area (Å²) in [6, 6.07) is 20.0. The van der Waals surface area contributed by atoms with Crippen molar-refractivity contribution in [3.8, 4) is 0 Å². The van der Waals surface area contributed by atoms with Crippen molar-refractivity contribution in [2.24, 2.45) is 0 Å². The van der Waals surface area contributed by atoms with E-state index in [1.165, 1.54) is 25.7 Å². The Bertz CT molecular complexity index is 525. The van der Waals surface area contributed by atoms with Gasteiger partial charge in [0.05, 0.1) is 5.92 Å². The minimum Gasteiger partial charge on any atom is -0.355 e. The van der Waals surface area contributed by atoms with Crippen molar-refractivity contribution in [3.63, 3.8) is 0 Å². The molecule has 1 amide bonds. The molecule has 0 atom stereocenters. The molecule has 0 heterocycles. The smallest absolute Gasteiger partial charge is 0.232 e. The van der Waals surface area contributed by atoms with Crippen LogP contribution in [-0.2, 0) is 4.79 Å². The van der Waals surface area contributed by atoms with Crippen molar-refractivity contribution in [2.75, 3.05) is 6.54 Å². The number of rotatable bonds is 9. The molecule has 23 heavy (non-hydrogen) atoms. The quantitative estimate of drug-likeness (QED) is 0.655. The summed E-state index contributed by atoms with van der Waals surface area (Å²) in [6.45, 7) is 2.98. The molecule has 0 saturated carbocycles. The highest BCUT2D eigenvalue weighted by atomic mass is 16.1. The summed E-state index contributed by atoms with van der Waals surface area (Å²) in [6.07, 6.45) is 6.03. The molecule has 0 bridgehead atoms. The Labute approximate surface area is 139 Å². The molecular weight excluding hydrogens is 282 g/mol. The largest absolute Gasteiger partial charge is 0.355 e. The Morgan fingerprint density at radius 1 is 0.826 bits per heavy atom. The van der Waals surface area contributed by atoms with Crippen LogP contribution in [0.5, 0.6) is 0 Å². The zero-order valence-corrected chi connectivity index (χ0v) is 14.0. The first-order chi connectivity index (χ1) is 11.3. The fourth-order valence-electron chi connectivity index (χ4n) is 2.83. The summed E-state index contributed by atoms with van der Waals surface area (Å²) in [4.78, 5) is 12.7. The van der Waals surface area contributed by atoms with Crippen LogP contribution in [-0.4, -0.2) is 12.5 Å². The second kappa shape index (κ2) is 9.83. The maximum atomic E-state index is 12.7. The van der Waals surface area contributed by atoms with Gasteiger partial charge in [0.25, 0.3) is 0 Å². The summed E-state index contributed by atoms with van der Waals surface area (Å²) in [5.41, 5.74) is 2.09. The predicted octanol–water partition coefficient (Wildman–Crippen LogP) is 4.91. The molecule has 0 fully saturated rings. The van der Waals surface area contributed by atoms with Gasteiger partial charge in [0.1, 0.15) is 0 Å². The van der Waals surface area contributed by atoms with Gasteiger partial charge in [-0.05, 0) is 17.5 Å². The topological polar surface area (TPSA) is 29.1 Å². The number of amides is 1. The van der Waals surface area contributed by atoms with Crippen LogP contribution < -0.4 is 5.32 Å². The van der Waals surface area contributed by atoms with Crippen molar-refractivity contribution in [2.45, 2.75) is 44.9 Å². The molecule has 2 rings (SSSR count). The van der Waals surface area contributed by atoms with E-state index in [1.54, 1.807) is 0 Å². The number of unbranched alkanes of at least 4 members (excludes halogenated alkanes) is 4. The Morgan fingerprint density at radius 2 is 1.35 bits per heavy atom. The normalized spacial score (nSPS) is 10.7. The number of carbonyl (C=O) groups excluding carboxylic acids is 1. The molecule has 122 valence electrons. The predicted molar refractivity (Wildman–Crippen MR) is 96.5 cm³/mol. The lowest BCUT2D eigenvalue weighted by atomic mass is 9.90. The lowest BCUT2D eigenvalue weighted by Gasteiger charge is -2.18. The Balaban J connectivity index is 1.99. The van der Waals surface area contributed by atoms with Crippen LogP contribution in [0.3, 0.4) is 0 Å². The fourth-order valence-corrected chi connectivity index (χ4v) is 2.83. The van der Waals surface area contributed by atoms with Gasteiger partial charge in [0.2, 0.25) is 5.91 Å². The van der Waals surface area contributed by atoms with Gasteiger partial charge in [-0.1, -0.05) is 93.3 Å². The summed E-state index contributed by atoms with van der Waals surface area (Å²) in [7, 11) is 0. The summed E-state index contributed by atoms with van der Waals surface area (Å²) in [5.74, 6) is -0.133. The molecule has 0 aliphatic heterocycles. The van der Waals surface area contributed by atoms with Crippen LogP contribution in [0.1, 0.15) is 56.1 Å². The molecule has 1 N–H and O–H groups in total. The third kappa shape index (κ3) is 5.55. The molecule has 2 aromatic carbocycles. The molecule has 0 aliphatic rings. The molecule has 2 nitrogen and oxygen atoms in total. The standard InChI is InChI=1S/C21H27NO/c1-2-3-4-5-12-17-22-21(23)20(18-13-8-6-9-14-18)19-15-10-7-11-16-19/h6-11,13-16,20H,2-5,12,17H2,1H3,(H,22,23). The summed E-state index contributed by atoms with van der Waals surface area (Å²) >= 11 is 0. The average molecular weight is 309 g/mol. The number of benzene rings is 2. The van der Waals surface area contributed by atoms with Crippen LogP contribution in [0.15, 0.2) is 60.7 Å². The van der Waals surface area contributed by atoms with Gasteiger partial charge >= 0.3 is 0 Å². The monoisotopic (exact) mass is 309 g/mol. The molecular formula is C21H27NO. The minimum atomic E-state index is -0.229. The first-order valence-electron chi connectivity index (χ1n) is 8.70. The zero-order chi connectivity index (χ0) is 16.3. The van der Waals surface area contributed by atoms with Crippen molar-refractivity contribution < 1.29 is 4.79 Å². The van der Waals surface area contributed by atoms with E-state index in [2.05, 4.69) is 12.2 Å². The Hall–Kier alpha value is -2.09. The zero-order valence-electron chi connectivity index (χ0n) is 14.0. The summed E-state index contributed by atoms with van der Waals surface area (Å²) < 4.78 is 0. The van der Waals surface area contributed by atoms with Crippen LogP contribution in [0.2, 0.25) is 0 Å². The number of nitrogens with one attached hydrogen (secondary N) is 1. The molecule has 0 aliphatic carbocycles. The van der Waals surface area contributed by atoms with E-state index in [4.69, 9.17) is 0 Å². The van der Waals surface area contributed by atoms with E-state index in [9.17, 15) is 4.79 Å². The number of hydrogen-bond donors (Lipinski definition) is 1. The van der Waals surface area contributed by atoms with Gasteiger partial charge < -0.3 is 5.32 Å². The van der Waals surface area contributed by atoms with Gasteiger partial charge in [0.15, 0.2) is 0 Å². The first kappa shape index (κ1) is 17.3. The van der Waals surface area contributed by atoms with E-state index in [0.29, 0.717) is 0 Å². The fraction of sp³-hybridized carbons (Fsp3) is 0.381. The van der Waals surface area contributed by atoms with Gasteiger partial charge in [0, 0.05) is 6.54 Å². The van der Waals surface area contributed by atoms with Crippen LogP contribution in [0, 0.1) is 0 Å². The van der Waals surface area contributed by atoms with Gasteiger partial charge in [-0.2, -0.15) is 0 Å². The maximum Gasteiger partial charge on any atom is 0.232 e. The van der Waals surface area contributed by atoms with Crippen LogP contribution in [0.25, 0.3) is 0 Å². The van der Waals surface area contributed by atoms with E-state index in [0.717, 1.165) is 24.1 Å². The van der Waals surface area contributed by atoms with Crippen molar-refractivity contribution in [1.82, 2.24) is 5.32 Å². The van der Waals surface area contributed by atoms with E-state index in [-0.39, 0.29) is 11.8 Å². The molecule has 0 aromatic heterocycles. The van der Waals surface area contributed by atoms with Crippen molar-refractivity contribution >= 4 is 5.91 Å². The van der Waals surface area contributed by atoms with Crippen molar-refractivity contribution in [3.05, 3.63) is 71.8 Å². The Morgan fingerprint density at radius 3 is 1.87 bits per heavy atom. The highest BCUT2D eigenvalue weighted by Crippen LogP contribution is 2.24. The minimum absolute atomic E-state index is 0.0953. The molecule has 2 heteroatoms. The molecule has 2 aromatic rings. The molecule has 0 radical (unpaired) electrons. The maximum absolute atomic E-state index is 12.7. The number of hydrogen-bond acceptors (Lipinski definition) is 1. The average Bonchev–Trinajstić information content (AvgIpc) is 2.60. The van der Waals surface area contributed by atoms with Gasteiger partial charge in [-0.15, -0.1) is 0 Å². The third-order valence-electron chi connectivity index (χ3n) is 4.11. The van der Waals surface area contributed by atoms with Crippen molar-refractivity contribution in [1.29, 1.82) is 0 Å². The van der Waals surface area contributed by atoms with E-state index in [1.807, 2.05) is 60.7 Å². The highest BCUT2D eigenvalue weighted by Gasteiger charge is 2.21. The van der Waals surface area contributed by atoms with Gasteiger partial charge in [-0.3, -0.25) is 4.79 Å². The third-order valence-corrected chi connectivity index (χ3v) is 4.11. The summed E-state index contributed by atoms with van der Waals surface area (Å²) in [5, 5.41) is 3.12. The second-order valence-electron chi connectivity index (χ2n) is 5.96.